The lowest BCUT2D eigenvalue weighted by Crippen LogP contribution is -2.03. The van der Waals surface area contributed by atoms with Crippen LogP contribution in [-0.4, -0.2) is 5.71 Å². The molecule has 2 rings (SSSR count). The zero-order chi connectivity index (χ0) is 17.7. The third-order valence-electron chi connectivity index (χ3n) is 1.53. The number of nitrogens with zero attached hydrogens (tertiary/aromatic N) is 1. The van der Waals surface area contributed by atoms with Gasteiger partial charge >= 0.3 is 0 Å². The molecule has 0 fully saturated rings. The monoisotopic (exact) mass is 181 g/mol. The summed E-state index contributed by atoms with van der Waals surface area (Å²) in [5.41, 5.74) is -0.834. The summed E-state index contributed by atoms with van der Waals surface area (Å²) < 4.78 is 76.4. The second-order valence-corrected chi connectivity index (χ2v) is 2.43. The summed E-state index contributed by atoms with van der Waals surface area (Å²) in [7, 11) is 0. The first-order valence-electron chi connectivity index (χ1n) is 8.84. The molecule has 0 bridgehead atoms. The highest BCUT2D eigenvalue weighted by molar-refractivity contribution is 6.01. The van der Waals surface area contributed by atoms with Gasteiger partial charge in [-0.25, -0.2) is 0 Å². The maximum atomic E-state index is 8.03. The average Bonchev–Trinajstić information content (AvgIpc) is 2.43. The fourth-order valence-electron chi connectivity index (χ4n) is 0.924. The standard InChI is InChI=1S/C12H13N/c1-10-7-8-12(13-9-10)11-5-3-2-4-6-11/h2-6,9H,7-8H2,1H3/i1D3,2D,3D,4D,5D,7D,8D,9D. The molecule has 0 amide bonds. The van der Waals surface area contributed by atoms with Gasteiger partial charge in [-0.15, -0.1) is 0 Å². The van der Waals surface area contributed by atoms with Crippen LogP contribution >= 0.6 is 0 Å². The Kier molecular flexibility index (Phi) is 0.704. The topological polar surface area (TPSA) is 12.4 Å². The predicted octanol–water partition coefficient (Wildman–Crippen LogP) is 3.17. The van der Waals surface area contributed by atoms with Crippen LogP contribution in [0.3, 0.4) is 0 Å². The van der Waals surface area contributed by atoms with Crippen molar-refractivity contribution >= 4 is 5.71 Å². The molecule has 0 saturated carbocycles. The number of hydrogen-bond acceptors (Lipinski definition) is 1. The molecule has 0 aliphatic carbocycles. The van der Waals surface area contributed by atoms with Gasteiger partial charge in [-0.1, -0.05) is 35.8 Å². The first kappa shape index (κ1) is 2.57. The summed E-state index contributed by atoms with van der Waals surface area (Å²) in [4.78, 5) is 3.75. The van der Waals surface area contributed by atoms with Crippen molar-refractivity contribution in [3.63, 3.8) is 0 Å². The van der Waals surface area contributed by atoms with E-state index >= 15 is 0 Å². The Hall–Kier alpha value is -1.37. The van der Waals surface area contributed by atoms with Crippen LogP contribution in [-0.2, 0) is 0 Å². The normalized spacial score (nSPS) is 40.5. The molecule has 0 radical (unpaired) electrons. The third kappa shape index (κ3) is 1.86. The molecule has 0 N–H and O–H groups in total. The quantitative estimate of drug-likeness (QED) is 0.631. The Balaban J connectivity index is 2.69. The first-order valence-corrected chi connectivity index (χ1v) is 3.69. The molecule has 0 spiro atoms. The molecule has 13 heavy (non-hydrogen) atoms. The number of allylic oxidation sites excluding steroid dienone is 1. The minimum absolute atomic E-state index is 0.0948. The van der Waals surface area contributed by atoms with Crippen LogP contribution in [0.5, 0.6) is 0 Å². The third-order valence-corrected chi connectivity index (χ3v) is 1.53. The van der Waals surface area contributed by atoms with Crippen molar-refractivity contribution in [1.82, 2.24) is 0 Å². The van der Waals surface area contributed by atoms with Crippen LogP contribution in [0.4, 0.5) is 0 Å². The van der Waals surface area contributed by atoms with Crippen molar-refractivity contribution in [3.05, 3.63) is 47.5 Å². The first-order chi connectivity index (χ1) is 10.5. The molecule has 2 atom stereocenters. The van der Waals surface area contributed by atoms with E-state index in [-0.39, 0.29) is 17.3 Å². The largest absolute Gasteiger partial charge is 0.261 e. The Bertz CT molecular complexity index is 718. The fraction of sp³-hybridized carbons (Fsp3) is 0.250. The lowest BCUT2D eigenvalue weighted by atomic mass is 10.0. The summed E-state index contributed by atoms with van der Waals surface area (Å²) in [6, 6.07) is -0.637. The Morgan fingerprint density at radius 1 is 1.46 bits per heavy atom. The zero-order valence-corrected chi connectivity index (χ0v) is 6.68. The van der Waals surface area contributed by atoms with Gasteiger partial charge in [0.1, 0.15) is 0 Å². The van der Waals surface area contributed by atoms with E-state index in [1.54, 1.807) is 0 Å². The number of hydrogen-bond donors (Lipinski definition) is 0. The molecule has 0 aromatic heterocycles. The van der Waals surface area contributed by atoms with Crippen LogP contribution in [0.15, 0.2) is 47.0 Å². The van der Waals surface area contributed by atoms with Gasteiger partial charge in [0.25, 0.3) is 0 Å². The van der Waals surface area contributed by atoms with Gasteiger partial charge in [-0.2, -0.15) is 0 Å². The summed E-state index contributed by atoms with van der Waals surface area (Å²) in [5, 5.41) is 0. The Labute approximate surface area is 92.9 Å². The van der Waals surface area contributed by atoms with Crippen molar-refractivity contribution in [2.75, 3.05) is 0 Å². The van der Waals surface area contributed by atoms with Gasteiger partial charge in [0.15, 0.2) is 0 Å². The van der Waals surface area contributed by atoms with Gasteiger partial charge in [0, 0.05) is 18.7 Å². The molecule has 2 unspecified atom stereocenters. The average molecular weight is 181 g/mol. The van der Waals surface area contributed by atoms with Crippen LogP contribution in [0, 0.1) is 0 Å². The second kappa shape index (κ2) is 3.56. The van der Waals surface area contributed by atoms with Crippen molar-refractivity contribution in [2.45, 2.75) is 19.6 Å². The maximum Gasteiger partial charge on any atom is 0.0839 e. The van der Waals surface area contributed by atoms with E-state index < -0.39 is 49.5 Å². The molecule has 1 aliphatic rings. The van der Waals surface area contributed by atoms with Crippen molar-refractivity contribution < 1.29 is 13.7 Å². The van der Waals surface area contributed by atoms with Gasteiger partial charge < -0.3 is 0 Å². The van der Waals surface area contributed by atoms with E-state index in [4.69, 9.17) is 13.7 Å². The summed E-state index contributed by atoms with van der Waals surface area (Å²) in [6.45, 7) is -2.71. The van der Waals surface area contributed by atoms with E-state index in [1.807, 2.05) is 0 Å². The maximum absolute atomic E-state index is 8.03. The highest BCUT2D eigenvalue weighted by atomic mass is 14.7. The molecule has 0 saturated heterocycles. The molecular formula is C12H13N. The molecular weight excluding hydrogens is 158 g/mol. The van der Waals surface area contributed by atoms with Gasteiger partial charge in [0.2, 0.25) is 0 Å². The van der Waals surface area contributed by atoms with Crippen LogP contribution in [0.25, 0.3) is 0 Å². The fourth-order valence-corrected chi connectivity index (χ4v) is 0.924. The molecule has 1 aliphatic heterocycles. The Morgan fingerprint density at radius 3 is 3.38 bits per heavy atom. The molecule has 1 aromatic carbocycles. The minimum atomic E-state index is -2.71. The lowest BCUT2D eigenvalue weighted by Gasteiger charge is -2.10. The highest BCUT2D eigenvalue weighted by Gasteiger charge is 2.06. The van der Waals surface area contributed by atoms with E-state index in [0.717, 1.165) is 6.07 Å². The van der Waals surface area contributed by atoms with Crippen molar-refractivity contribution in [3.8, 4) is 0 Å². The van der Waals surface area contributed by atoms with Gasteiger partial charge in [-0.3, -0.25) is 4.99 Å². The molecule has 66 valence electrons. The SMILES string of the molecule is [2H]C1=C(C([2H])([2H])[2H])C([2H])C([2H])C(c2cc([2H])c([2H])c([2H])c2[2H])=N1. The molecule has 1 nitrogen and oxygen atoms in total. The van der Waals surface area contributed by atoms with E-state index in [2.05, 4.69) is 4.99 Å². The summed E-state index contributed by atoms with van der Waals surface area (Å²) in [5.74, 6) is 0. The van der Waals surface area contributed by atoms with Gasteiger partial charge in [-0.05, 0) is 25.2 Å². The van der Waals surface area contributed by atoms with E-state index in [0.29, 0.717) is 0 Å². The van der Waals surface area contributed by atoms with Crippen LogP contribution in [0.2, 0.25) is 0 Å². The number of aliphatic imine (C=N–C) groups is 1. The predicted molar refractivity (Wildman–Crippen MR) is 56.0 cm³/mol. The smallest absolute Gasteiger partial charge is 0.0839 e. The van der Waals surface area contributed by atoms with E-state index in [9.17, 15) is 0 Å². The van der Waals surface area contributed by atoms with Crippen molar-refractivity contribution in [2.24, 2.45) is 4.99 Å². The number of rotatable bonds is 1. The van der Waals surface area contributed by atoms with Gasteiger partial charge in [0.05, 0.1) is 6.85 Å². The summed E-state index contributed by atoms with van der Waals surface area (Å²) >= 11 is 0. The van der Waals surface area contributed by atoms with Crippen LogP contribution in [0.1, 0.15) is 38.9 Å². The molecule has 1 aromatic rings. The van der Waals surface area contributed by atoms with Crippen molar-refractivity contribution in [1.29, 1.82) is 0 Å². The lowest BCUT2D eigenvalue weighted by molar-refractivity contribution is 0.976. The zero-order valence-electron chi connectivity index (χ0n) is 16.7. The molecule has 1 heteroatoms. The Morgan fingerprint density at radius 2 is 2.46 bits per heavy atom. The van der Waals surface area contributed by atoms with E-state index in [1.165, 1.54) is 0 Å². The minimum Gasteiger partial charge on any atom is -0.261 e. The number of benzene rings is 1. The van der Waals surface area contributed by atoms with Crippen LogP contribution < -0.4 is 0 Å². The molecule has 1 heterocycles. The highest BCUT2D eigenvalue weighted by Crippen LogP contribution is 2.15. The summed E-state index contributed by atoms with van der Waals surface area (Å²) in [6.07, 6.45) is -3.67. The second-order valence-electron chi connectivity index (χ2n) is 2.43.